The third-order valence-corrected chi connectivity index (χ3v) is 4.61. The van der Waals surface area contributed by atoms with E-state index in [4.69, 9.17) is 0 Å². The van der Waals surface area contributed by atoms with Crippen LogP contribution in [0.2, 0.25) is 0 Å². The van der Waals surface area contributed by atoms with E-state index < -0.39 is 5.60 Å². The summed E-state index contributed by atoms with van der Waals surface area (Å²) in [4.78, 5) is 2.49. The van der Waals surface area contributed by atoms with E-state index in [1.54, 1.807) is 0 Å². The fourth-order valence-electron chi connectivity index (χ4n) is 3.74. The van der Waals surface area contributed by atoms with E-state index >= 15 is 0 Å². The van der Waals surface area contributed by atoms with Crippen LogP contribution in [0.3, 0.4) is 0 Å². The lowest BCUT2D eigenvalue weighted by Crippen LogP contribution is -2.52. The Morgan fingerprint density at radius 2 is 2.33 bits per heavy atom. The van der Waals surface area contributed by atoms with Gasteiger partial charge in [0.15, 0.2) is 0 Å². The molecule has 104 valence electrons. The third-order valence-electron chi connectivity index (χ3n) is 4.61. The second-order valence-electron chi connectivity index (χ2n) is 6.61. The minimum atomic E-state index is -0.509. The maximum Gasteiger partial charge on any atom is 0.0811 e. The molecule has 18 heavy (non-hydrogen) atoms. The summed E-state index contributed by atoms with van der Waals surface area (Å²) < 4.78 is 0. The molecule has 0 aromatic heterocycles. The van der Waals surface area contributed by atoms with Gasteiger partial charge in [-0.2, -0.15) is 0 Å². The second-order valence-corrected chi connectivity index (χ2v) is 6.61. The van der Waals surface area contributed by atoms with Crippen LogP contribution >= 0.6 is 0 Å². The lowest BCUT2D eigenvalue weighted by molar-refractivity contribution is -0.0330. The Balaban J connectivity index is 2.00. The molecule has 2 aliphatic heterocycles. The van der Waals surface area contributed by atoms with Crippen molar-refractivity contribution in [1.29, 1.82) is 0 Å². The molecule has 3 atom stereocenters. The first kappa shape index (κ1) is 14.1. The van der Waals surface area contributed by atoms with E-state index in [0.29, 0.717) is 12.0 Å². The summed E-state index contributed by atoms with van der Waals surface area (Å²) in [6.07, 6.45) is 9.60. The molecule has 2 heteroatoms. The highest BCUT2D eigenvalue weighted by atomic mass is 16.3. The van der Waals surface area contributed by atoms with E-state index in [1.165, 1.54) is 44.2 Å². The van der Waals surface area contributed by atoms with Crippen molar-refractivity contribution in [3.8, 4) is 0 Å². The molecule has 2 nitrogen and oxygen atoms in total. The van der Waals surface area contributed by atoms with Gasteiger partial charge >= 0.3 is 0 Å². The van der Waals surface area contributed by atoms with Gasteiger partial charge in [0.05, 0.1) is 5.60 Å². The molecule has 0 spiro atoms. The number of allylic oxidation sites excluding steroid dienone is 1. The van der Waals surface area contributed by atoms with Crippen molar-refractivity contribution in [1.82, 2.24) is 4.90 Å². The van der Waals surface area contributed by atoms with Gasteiger partial charge in [-0.25, -0.2) is 0 Å². The number of nitrogens with zero attached hydrogens (tertiary/aromatic N) is 1. The Morgan fingerprint density at radius 1 is 1.56 bits per heavy atom. The zero-order valence-corrected chi connectivity index (χ0v) is 12.3. The molecule has 0 amide bonds. The fraction of sp³-hybridized carbons (Fsp3) is 0.875. The molecule has 0 aromatic carbocycles. The zero-order valence-electron chi connectivity index (χ0n) is 12.3. The molecule has 1 N–H and O–H groups in total. The van der Waals surface area contributed by atoms with E-state index in [2.05, 4.69) is 24.8 Å². The topological polar surface area (TPSA) is 23.5 Å². The standard InChI is InChI=1S/C16H29NO/c1-4-5-7-13(2)10-14-11-16(3,18)15-8-6-9-17(15)12-14/h10,13,15,18H,4-9,11-12H2,1-3H3/b14-10-/t13-,15-,16+/m0/s1. The molecule has 2 heterocycles. The number of aliphatic hydroxyl groups is 1. The molecule has 2 saturated heterocycles. The Kier molecular flexibility index (Phi) is 4.50. The van der Waals surface area contributed by atoms with Crippen molar-refractivity contribution in [2.45, 2.75) is 70.9 Å². The van der Waals surface area contributed by atoms with Crippen LogP contribution < -0.4 is 0 Å². The summed E-state index contributed by atoms with van der Waals surface area (Å²) in [7, 11) is 0. The maximum atomic E-state index is 10.6. The normalized spacial score (nSPS) is 36.9. The van der Waals surface area contributed by atoms with Gasteiger partial charge in [-0.3, -0.25) is 4.90 Å². The second kappa shape index (κ2) is 5.75. The number of unbranched alkanes of at least 4 members (excludes halogenated alkanes) is 1. The van der Waals surface area contributed by atoms with Gasteiger partial charge in [0.25, 0.3) is 0 Å². The van der Waals surface area contributed by atoms with E-state index in [0.717, 1.165) is 13.0 Å². The lowest BCUT2D eigenvalue weighted by atomic mass is 9.82. The van der Waals surface area contributed by atoms with Crippen LogP contribution in [-0.4, -0.2) is 34.7 Å². The Labute approximate surface area is 112 Å². The van der Waals surface area contributed by atoms with Crippen LogP contribution in [-0.2, 0) is 0 Å². The summed E-state index contributed by atoms with van der Waals surface area (Å²) in [6, 6.07) is 0.403. The average Bonchev–Trinajstić information content (AvgIpc) is 2.74. The van der Waals surface area contributed by atoms with Gasteiger partial charge in [0.2, 0.25) is 0 Å². The average molecular weight is 251 g/mol. The molecule has 0 aliphatic carbocycles. The highest BCUT2D eigenvalue weighted by Gasteiger charge is 2.43. The smallest absolute Gasteiger partial charge is 0.0811 e. The quantitative estimate of drug-likeness (QED) is 0.775. The minimum Gasteiger partial charge on any atom is -0.388 e. The van der Waals surface area contributed by atoms with Crippen LogP contribution in [0, 0.1) is 5.92 Å². The van der Waals surface area contributed by atoms with Crippen LogP contribution in [0.4, 0.5) is 0 Å². The third kappa shape index (κ3) is 3.16. The van der Waals surface area contributed by atoms with Crippen molar-refractivity contribution in [2.24, 2.45) is 5.92 Å². The molecular formula is C16H29NO. The van der Waals surface area contributed by atoms with E-state index in [9.17, 15) is 5.11 Å². The van der Waals surface area contributed by atoms with Gasteiger partial charge in [0, 0.05) is 12.6 Å². The number of hydrogen-bond acceptors (Lipinski definition) is 2. The van der Waals surface area contributed by atoms with Crippen LogP contribution in [0.25, 0.3) is 0 Å². The Morgan fingerprint density at radius 3 is 3.06 bits per heavy atom. The van der Waals surface area contributed by atoms with Crippen molar-refractivity contribution >= 4 is 0 Å². The van der Waals surface area contributed by atoms with Crippen molar-refractivity contribution in [2.75, 3.05) is 13.1 Å². The number of hydrogen-bond donors (Lipinski definition) is 1. The van der Waals surface area contributed by atoms with Gasteiger partial charge in [0.1, 0.15) is 0 Å². The lowest BCUT2D eigenvalue weighted by Gasteiger charge is -2.43. The molecule has 0 aromatic rings. The van der Waals surface area contributed by atoms with Gasteiger partial charge < -0.3 is 5.11 Å². The number of piperidine rings is 1. The Hall–Kier alpha value is -0.340. The van der Waals surface area contributed by atoms with E-state index in [1.807, 2.05) is 6.92 Å². The molecule has 0 radical (unpaired) electrons. The molecule has 0 unspecified atom stereocenters. The predicted octanol–water partition coefficient (Wildman–Crippen LogP) is 3.36. The fourth-order valence-corrected chi connectivity index (χ4v) is 3.74. The highest BCUT2D eigenvalue weighted by molar-refractivity contribution is 5.17. The first-order valence-electron chi connectivity index (χ1n) is 7.69. The molecule has 2 rings (SSSR count). The summed E-state index contributed by atoms with van der Waals surface area (Å²) in [6.45, 7) is 8.85. The van der Waals surface area contributed by atoms with Crippen molar-refractivity contribution in [3.05, 3.63) is 11.6 Å². The predicted molar refractivity (Wildman–Crippen MR) is 76.6 cm³/mol. The minimum absolute atomic E-state index is 0.403. The summed E-state index contributed by atoms with van der Waals surface area (Å²) in [5, 5.41) is 10.6. The Bertz CT molecular complexity index is 308. The molecule has 0 saturated carbocycles. The van der Waals surface area contributed by atoms with Crippen molar-refractivity contribution in [3.63, 3.8) is 0 Å². The van der Waals surface area contributed by atoms with Crippen LogP contribution in [0.1, 0.15) is 59.3 Å². The van der Waals surface area contributed by atoms with Gasteiger partial charge in [-0.05, 0) is 45.1 Å². The van der Waals surface area contributed by atoms with E-state index in [-0.39, 0.29) is 0 Å². The molecule has 2 aliphatic rings. The monoisotopic (exact) mass is 251 g/mol. The zero-order chi connectivity index (χ0) is 13.2. The number of rotatable bonds is 4. The summed E-state index contributed by atoms with van der Waals surface area (Å²) in [5.74, 6) is 0.662. The highest BCUT2D eigenvalue weighted by Crippen LogP contribution is 2.37. The van der Waals surface area contributed by atoms with Gasteiger partial charge in [-0.15, -0.1) is 0 Å². The van der Waals surface area contributed by atoms with Gasteiger partial charge in [-0.1, -0.05) is 38.3 Å². The summed E-state index contributed by atoms with van der Waals surface area (Å²) in [5.41, 5.74) is 0.951. The van der Waals surface area contributed by atoms with Crippen LogP contribution in [0.5, 0.6) is 0 Å². The molecule has 2 fully saturated rings. The molecule has 0 bridgehead atoms. The SMILES string of the molecule is CCCC[C@H](C)/C=C1\CN2CCC[C@H]2[C@](C)(O)C1. The van der Waals surface area contributed by atoms with Crippen molar-refractivity contribution < 1.29 is 5.11 Å². The first-order valence-corrected chi connectivity index (χ1v) is 7.69. The largest absolute Gasteiger partial charge is 0.388 e. The summed E-state index contributed by atoms with van der Waals surface area (Å²) >= 11 is 0. The number of fused-ring (bicyclic) bond motifs is 1. The maximum absolute atomic E-state index is 10.6. The first-order chi connectivity index (χ1) is 8.53. The van der Waals surface area contributed by atoms with Crippen LogP contribution in [0.15, 0.2) is 11.6 Å². The molecular weight excluding hydrogens is 222 g/mol.